The van der Waals surface area contributed by atoms with Gasteiger partial charge in [0.05, 0.1) is 18.8 Å². The van der Waals surface area contributed by atoms with Crippen molar-refractivity contribution in [3.8, 4) is 0 Å². The van der Waals surface area contributed by atoms with Crippen LogP contribution in [0.5, 0.6) is 0 Å². The van der Waals surface area contributed by atoms with Gasteiger partial charge in [-0.25, -0.2) is 0 Å². The summed E-state index contributed by atoms with van der Waals surface area (Å²) in [7, 11) is 0. The summed E-state index contributed by atoms with van der Waals surface area (Å²) in [4.78, 5) is 25.8. The van der Waals surface area contributed by atoms with Gasteiger partial charge in [-0.05, 0) is 11.6 Å². The smallest absolute Gasteiger partial charge is 0.272 e. The predicted octanol–water partition coefficient (Wildman–Crippen LogP) is 1.57. The number of nitrogens with zero attached hydrogens (tertiary/aromatic N) is 3. The first-order chi connectivity index (χ1) is 11.2. The molecule has 1 aliphatic rings. The Morgan fingerprint density at radius 3 is 2.74 bits per heavy atom. The molecule has 0 fully saturated rings. The summed E-state index contributed by atoms with van der Waals surface area (Å²) in [6.07, 6.45) is 0.499. The van der Waals surface area contributed by atoms with E-state index >= 15 is 0 Å². The molecule has 2 heterocycles. The van der Waals surface area contributed by atoms with Crippen LogP contribution in [0.1, 0.15) is 35.1 Å². The average Bonchev–Trinajstić information content (AvgIpc) is 3.03. The number of rotatable bonds is 4. The van der Waals surface area contributed by atoms with Gasteiger partial charge >= 0.3 is 0 Å². The van der Waals surface area contributed by atoms with Crippen molar-refractivity contribution >= 4 is 11.8 Å². The van der Waals surface area contributed by atoms with Crippen molar-refractivity contribution in [1.29, 1.82) is 0 Å². The standard InChI is InChI=1S/C17H20N4O2/c1-2-16(22)20-8-9-21-14(12-20)10-15(19-21)17(23)18-11-13-6-4-3-5-7-13/h3-7,10H,2,8-9,11-12H2,1H3,(H,18,23). The number of hydrogen-bond donors (Lipinski definition) is 1. The fraction of sp³-hybridized carbons (Fsp3) is 0.353. The molecule has 0 saturated heterocycles. The normalized spacial score (nSPS) is 13.5. The van der Waals surface area contributed by atoms with Crippen LogP contribution in [-0.2, 0) is 24.4 Å². The van der Waals surface area contributed by atoms with Crippen LogP contribution in [-0.4, -0.2) is 33.0 Å². The SMILES string of the molecule is CCC(=O)N1CCn2nc(C(=O)NCc3ccccc3)cc2C1. The summed E-state index contributed by atoms with van der Waals surface area (Å²) in [6, 6.07) is 11.5. The molecule has 2 amide bonds. The Kier molecular flexibility index (Phi) is 4.41. The lowest BCUT2D eigenvalue weighted by atomic mass is 10.2. The minimum atomic E-state index is -0.191. The van der Waals surface area contributed by atoms with Gasteiger partial charge in [0.1, 0.15) is 0 Å². The maximum absolute atomic E-state index is 12.2. The molecule has 2 aromatic rings. The summed E-state index contributed by atoms with van der Waals surface area (Å²) in [5, 5.41) is 7.22. The number of carbonyl (C=O) groups excluding carboxylic acids is 2. The van der Waals surface area contributed by atoms with E-state index in [1.54, 1.807) is 6.07 Å². The number of fused-ring (bicyclic) bond motifs is 1. The molecule has 23 heavy (non-hydrogen) atoms. The highest BCUT2D eigenvalue weighted by Crippen LogP contribution is 2.14. The lowest BCUT2D eigenvalue weighted by Crippen LogP contribution is -2.37. The van der Waals surface area contributed by atoms with Crippen LogP contribution in [0.4, 0.5) is 0 Å². The minimum Gasteiger partial charge on any atom is -0.347 e. The Bertz CT molecular complexity index is 709. The van der Waals surface area contributed by atoms with E-state index in [4.69, 9.17) is 0 Å². The van der Waals surface area contributed by atoms with Gasteiger partial charge in [0, 0.05) is 19.5 Å². The van der Waals surface area contributed by atoms with Crippen LogP contribution in [0, 0.1) is 0 Å². The van der Waals surface area contributed by atoms with E-state index in [1.165, 1.54) is 0 Å². The Balaban J connectivity index is 1.65. The van der Waals surface area contributed by atoms with Gasteiger partial charge in [0.15, 0.2) is 5.69 Å². The minimum absolute atomic E-state index is 0.132. The zero-order valence-electron chi connectivity index (χ0n) is 13.2. The van der Waals surface area contributed by atoms with Crippen LogP contribution in [0.2, 0.25) is 0 Å². The van der Waals surface area contributed by atoms with E-state index in [-0.39, 0.29) is 11.8 Å². The van der Waals surface area contributed by atoms with E-state index in [9.17, 15) is 9.59 Å². The molecule has 1 aromatic carbocycles. The third-order valence-electron chi connectivity index (χ3n) is 3.98. The van der Waals surface area contributed by atoms with Crippen LogP contribution >= 0.6 is 0 Å². The Morgan fingerprint density at radius 1 is 1.22 bits per heavy atom. The highest BCUT2D eigenvalue weighted by molar-refractivity contribution is 5.92. The second-order valence-corrected chi connectivity index (χ2v) is 5.58. The first-order valence-electron chi connectivity index (χ1n) is 7.84. The fourth-order valence-corrected chi connectivity index (χ4v) is 2.68. The van der Waals surface area contributed by atoms with E-state index in [1.807, 2.05) is 46.8 Å². The molecule has 0 spiro atoms. The number of nitrogens with one attached hydrogen (secondary N) is 1. The van der Waals surface area contributed by atoms with Gasteiger partial charge in [-0.1, -0.05) is 37.3 Å². The number of hydrogen-bond acceptors (Lipinski definition) is 3. The van der Waals surface area contributed by atoms with Crippen LogP contribution in [0.3, 0.4) is 0 Å². The van der Waals surface area contributed by atoms with Gasteiger partial charge in [0.2, 0.25) is 5.91 Å². The van der Waals surface area contributed by atoms with Crippen molar-refractivity contribution in [2.24, 2.45) is 0 Å². The van der Waals surface area contributed by atoms with Crippen LogP contribution in [0.25, 0.3) is 0 Å². The Labute approximate surface area is 135 Å². The van der Waals surface area contributed by atoms with Crippen LogP contribution in [0.15, 0.2) is 36.4 Å². The largest absolute Gasteiger partial charge is 0.347 e. The topological polar surface area (TPSA) is 67.2 Å². The zero-order valence-corrected chi connectivity index (χ0v) is 13.2. The summed E-state index contributed by atoms with van der Waals surface area (Å²) < 4.78 is 1.82. The number of aromatic nitrogens is 2. The van der Waals surface area contributed by atoms with Crippen LogP contribution < -0.4 is 5.32 Å². The molecule has 0 unspecified atom stereocenters. The molecular formula is C17H20N4O2. The molecule has 6 nitrogen and oxygen atoms in total. The van der Waals surface area contributed by atoms with Crippen molar-refractivity contribution in [2.75, 3.05) is 6.54 Å². The molecule has 0 saturated carbocycles. The number of benzene rings is 1. The maximum Gasteiger partial charge on any atom is 0.272 e. The second kappa shape index (κ2) is 6.64. The zero-order chi connectivity index (χ0) is 16.2. The quantitative estimate of drug-likeness (QED) is 0.932. The second-order valence-electron chi connectivity index (χ2n) is 5.58. The molecule has 0 aliphatic carbocycles. The van der Waals surface area contributed by atoms with Gasteiger partial charge < -0.3 is 10.2 Å². The van der Waals surface area contributed by atoms with Crippen molar-refractivity contribution in [3.63, 3.8) is 0 Å². The summed E-state index contributed by atoms with van der Waals surface area (Å²) >= 11 is 0. The first-order valence-corrected chi connectivity index (χ1v) is 7.84. The van der Waals surface area contributed by atoms with Gasteiger partial charge in [-0.15, -0.1) is 0 Å². The molecule has 1 N–H and O–H groups in total. The lowest BCUT2D eigenvalue weighted by Gasteiger charge is -2.27. The molecule has 0 radical (unpaired) electrons. The molecule has 1 aromatic heterocycles. The molecule has 0 atom stereocenters. The van der Waals surface area contributed by atoms with Crippen molar-refractivity contribution < 1.29 is 9.59 Å². The monoisotopic (exact) mass is 312 g/mol. The molecule has 0 bridgehead atoms. The molecule has 6 heteroatoms. The summed E-state index contributed by atoms with van der Waals surface area (Å²) in [5.74, 6) is -0.0587. The third-order valence-corrected chi connectivity index (χ3v) is 3.98. The van der Waals surface area contributed by atoms with E-state index in [2.05, 4.69) is 10.4 Å². The molecular weight excluding hydrogens is 292 g/mol. The first kappa shape index (κ1) is 15.3. The summed E-state index contributed by atoms with van der Waals surface area (Å²) in [6.45, 7) is 4.13. The third kappa shape index (κ3) is 3.41. The molecule has 1 aliphatic heterocycles. The Morgan fingerprint density at radius 2 is 2.00 bits per heavy atom. The number of carbonyl (C=O) groups is 2. The Hall–Kier alpha value is -2.63. The van der Waals surface area contributed by atoms with Gasteiger partial charge in [0.25, 0.3) is 5.91 Å². The average molecular weight is 312 g/mol. The van der Waals surface area contributed by atoms with E-state index in [0.717, 1.165) is 11.3 Å². The van der Waals surface area contributed by atoms with Crippen molar-refractivity contribution in [2.45, 2.75) is 33.0 Å². The molecule has 120 valence electrons. The molecule has 3 rings (SSSR count). The highest BCUT2D eigenvalue weighted by atomic mass is 16.2. The van der Waals surface area contributed by atoms with E-state index in [0.29, 0.717) is 38.3 Å². The lowest BCUT2D eigenvalue weighted by molar-refractivity contribution is -0.132. The van der Waals surface area contributed by atoms with Crippen molar-refractivity contribution in [3.05, 3.63) is 53.3 Å². The fourth-order valence-electron chi connectivity index (χ4n) is 2.68. The van der Waals surface area contributed by atoms with E-state index < -0.39 is 0 Å². The predicted molar refractivity (Wildman–Crippen MR) is 85.5 cm³/mol. The number of amides is 2. The highest BCUT2D eigenvalue weighted by Gasteiger charge is 2.22. The maximum atomic E-state index is 12.2. The van der Waals surface area contributed by atoms with Gasteiger partial charge in [-0.3, -0.25) is 14.3 Å². The van der Waals surface area contributed by atoms with Gasteiger partial charge in [-0.2, -0.15) is 5.10 Å². The summed E-state index contributed by atoms with van der Waals surface area (Å²) in [5.41, 5.74) is 2.36. The van der Waals surface area contributed by atoms with Crippen molar-refractivity contribution in [1.82, 2.24) is 20.0 Å².